The van der Waals surface area contributed by atoms with Gasteiger partial charge in [-0.25, -0.2) is 8.42 Å². The number of methoxy groups -OCH3 is 1. The topological polar surface area (TPSA) is 96.0 Å². The summed E-state index contributed by atoms with van der Waals surface area (Å²) in [4.78, 5) is 28.5. The maximum absolute atomic E-state index is 13.9. The van der Waals surface area contributed by atoms with Gasteiger partial charge in [0.2, 0.25) is 11.8 Å². The molecule has 3 rings (SSSR count). The van der Waals surface area contributed by atoms with Crippen LogP contribution in [-0.2, 0) is 26.2 Å². The predicted octanol–water partition coefficient (Wildman–Crippen LogP) is 4.99. The van der Waals surface area contributed by atoms with E-state index in [1.54, 1.807) is 68.6 Å². The second kappa shape index (κ2) is 13.6. The third-order valence-electron chi connectivity index (χ3n) is 6.40. The zero-order valence-electron chi connectivity index (χ0n) is 22.5. The summed E-state index contributed by atoms with van der Waals surface area (Å²) in [6, 6.07) is 20.9. The van der Waals surface area contributed by atoms with E-state index >= 15 is 0 Å². The first kappa shape index (κ1) is 30.2. The number of amides is 2. The SMILES string of the molecule is CC[C@@H](C)NC(=O)[C@H](C)N(Cc1ccc(OC)cc1)C(=O)CN(c1ccc(Br)cc1)S(=O)(=O)c1ccccc1. The van der Waals surface area contributed by atoms with Crippen molar-refractivity contribution in [3.05, 3.63) is 88.9 Å². The number of carbonyl (C=O) groups is 2. The van der Waals surface area contributed by atoms with Crippen LogP contribution in [0.5, 0.6) is 5.75 Å². The Morgan fingerprint density at radius 1 is 0.949 bits per heavy atom. The number of anilines is 1. The van der Waals surface area contributed by atoms with E-state index in [9.17, 15) is 18.0 Å². The Labute approximate surface area is 239 Å². The molecule has 0 aromatic heterocycles. The molecular formula is C29H34BrN3O5S. The first-order valence-corrected chi connectivity index (χ1v) is 14.9. The van der Waals surface area contributed by atoms with E-state index in [2.05, 4.69) is 21.2 Å². The van der Waals surface area contributed by atoms with Gasteiger partial charge in [-0.15, -0.1) is 0 Å². The highest BCUT2D eigenvalue weighted by Gasteiger charge is 2.32. The van der Waals surface area contributed by atoms with Crippen LogP contribution in [0.1, 0.15) is 32.8 Å². The van der Waals surface area contributed by atoms with Crippen molar-refractivity contribution >= 4 is 43.5 Å². The highest BCUT2D eigenvalue weighted by atomic mass is 79.9. The average molecular weight is 617 g/mol. The number of carbonyl (C=O) groups excluding carboxylic acids is 2. The van der Waals surface area contributed by atoms with E-state index in [-0.39, 0.29) is 23.4 Å². The molecule has 0 fully saturated rings. The number of rotatable bonds is 12. The number of nitrogens with one attached hydrogen (secondary N) is 1. The van der Waals surface area contributed by atoms with Gasteiger partial charge in [-0.3, -0.25) is 13.9 Å². The van der Waals surface area contributed by atoms with Crippen molar-refractivity contribution in [2.24, 2.45) is 0 Å². The van der Waals surface area contributed by atoms with Gasteiger partial charge in [0.25, 0.3) is 10.0 Å². The number of hydrogen-bond acceptors (Lipinski definition) is 5. The number of sulfonamides is 1. The minimum atomic E-state index is -4.09. The fourth-order valence-electron chi connectivity index (χ4n) is 3.83. The molecule has 3 aromatic rings. The van der Waals surface area contributed by atoms with E-state index in [1.165, 1.54) is 17.0 Å². The Kier molecular flexibility index (Phi) is 10.5. The molecule has 208 valence electrons. The third kappa shape index (κ3) is 7.83. The van der Waals surface area contributed by atoms with Gasteiger partial charge in [-0.2, -0.15) is 0 Å². The van der Waals surface area contributed by atoms with Crippen molar-refractivity contribution in [2.45, 2.75) is 50.7 Å². The van der Waals surface area contributed by atoms with Crippen LogP contribution >= 0.6 is 15.9 Å². The van der Waals surface area contributed by atoms with E-state index in [4.69, 9.17) is 4.74 Å². The first-order chi connectivity index (χ1) is 18.6. The fraction of sp³-hybridized carbons (Fsp3) is 0.310. The number of hydrogen-bond donors (Lipinski definition) is 1. The zero-order chi connectivity index (χ0) is 28.6. The molecule has 0 spiro atoms. The minimum Gasteiger partial charge on any atom is -0.497 e. The summed E-state index contributed by atoms with van der Waals surface area (Å²) < 4.78 is 34.6. The second-order valence-electron chi connectivity index (χ2n) is 9.16. The molecule has 10 heteroatoms. The highest BCUT2D eigenvalue weighted by Crippen LogP contribution is 2.26. The predicted molar refractivity (Wildman–Crippen MR) is 156 cm³/mol. The van der Waals surface area contributed by atoms with Gasteiger partial charge in [0, 0.05) is 17.1 Å². The molecule has 0 heterocycles. The summed E-state index contributed by atoms with van der Waals surface area (Å²) in [7, 11) is -2.53. The van der Waals surface area contributed by atoms with Crippen LogP contribution in [0.2, 0.25) is 0 Å². The van der Waals surface area contributed by atoms with E-state index in [0.29, 0.717) is 11.4 Å². The van der Waals surface area contributed by atoms with Gasteiger partial charge in [-0.05, 0) is 74.4 Å². The summed E-state index contributed by atoms with van der Waals surface area (Å²) in [6.45, 7) is 5.12. The number of nitrogens with zero attached hydrogens (tertiary/aromatic N) is 2. The molecule has 8 nitrogen and oxygen atoms in total. The van der Waals surface area contributed by atoms with Crippen molar-refractivity contribution in [2.75, 3.05) is 18.0 Å². The van der Waals surface area contributed by atoms with Gasteiger partial charge >= 0.3 is 0 Å². The van der Waals surface area contributed by atoms with Crippen LogP contribution < -0.4 is 14.4 Å². The maximum Gasteiger partial charge on any atom is 0.264 e. The third-order valence-corrected chi connectivity index (χ3v) is 8.72. The number of halogens is 1. The van der Waals surface area contributed by atoms with E-state index in [0.717, 1.165) is 20.8 Å². The lowest BCUT2D eigenvalue weighted by Gasteiger charge is -2.32. The number of ether oxygens (including phenoxy) is 1. The molecule has 0 aliphatic rings. The molecule has 0 radical (unpaired) electrons. The normalized spacial score (nSPS) is 12.7. The summed E-state index contributed by atoms with van der Waals surface area (Å²) in [6.07, 6.45) is 0.734. The Morgan fingerprint density at radius 2 is 1.56 bits per heavy atom. The largest absolute Gasteiger partial charge is 0.497 e. The van der Waals surface area contributed by atoms with E-state index < -0.39 is 28.5 Å². The molecule has 0 unspecified atom stereocenters. The van der Waals surface area contributed by atoms with Crippen molar-refractivity contribution in [1.29, 1.82) is 0 Å². The first-order valence-electron chi connectivity index (χ1n) is 12.6. The van der Waals surface area contributed by atoms with Crippen LogP contribution in [0.3, 0.4) is 0 Å². The van der Waals surface area contributed by atoms with Crippen LogP contribution in [0.25, 0.3) is 0 Å². The van der Waals surface area contributed by atoms with Crippen molar-refractivity contribution < 1.29 is 22.7 Å². The van der Waals surface area contributed by atoms with Gasteiger partial charge < -0.3 is 15.0 Å². The highest BCUT2D eigenvalue weighted by molar-refractivity contribution is 9.10. The molecule has 0 saturated heterocycles. The molecule has 2 atom stereocenters. The van der Waals surface area contributed by atoms with Crippen molar-refractivity contribution in [3.63, 3.8) is 0 Å². The summed E-state index contributed by atoms with van der Waals surface area (Å²) in [5.41, 5.74) is 1.10. The van der Waals surface area contributed by atoms with Crippen molar-refractivity contribution in [1.82, 2.24) is 10.2 Å². The second-order valence-corrected chi connectivity index (χ2v) is 11.9. The molecule has 0 aliphatic heterocycles. The lowest BCUT2D eigenvalue weighted by molar-refractivity contribution is -0.139. The van der Waals surface area contributed by atoms with Crippen molar-refractivity contribution in [3.8, 4) is 5.75 Å². The lowest BCUT2D eigenvalue weighted by atomic mass is 10.1. The molecule has 2 amide bonds. The minimum absolute atomic E-state index is 0.0602. The monoisotopic (exact) mass is 615 g/mol. The fourth-order valence-corrected chi connectivity index (χ4v) is 5.53. The smallest absolute Gasteiger partial charge is 0.264 e. The molecule has 3 aromatic carbocycles. The van der Waals surface area contributed by atoms with Gasteiger partial charge in [0.15, 0.2) is 0 Å². The van der Waals surface area contributed by atoms with Crippen LogP contribution in [-0.4, -0.2) is 50.9 Å². The molecule has 0 bridgehead atoms. The van der Waals surface area contributed by atoms with E-state index in [1.807, 2.05) is 26.0 Å². The standard InChI is InChI=1S/C29H34BrN3O5S/c1-5-21(2)31-29(35)22(3)32(19-23-11-17-26(38-4)18-12-23)28(34)20-33(25-15-13-24(30)14-16-25)39(36,37)27-9-7-6-8-10-27/h6-18,21-22H,5,19-20H2,1-4H3,(H,31,35)/t21-,22+/m1/s1. The zero-order valence-corrected chi connectivity index (χ0v) is 24.9. The van der Waals surface area contributed by atoms with Gasteiger partial charge in [0.05, 0.1) is 17.7 Å². The molecule has 1 N–H and O–H groups in total. The van der Waals surface area contributed by atoms with Gasteiger partial charge in [0.1, 0.15) is 18.3 Å². The quantitative estimate of drug-likeness (QED) is 0.310. The average Bonchev–Trinajstić information content (AvgIpc) is 2.95. The lowest BCUT2D eigenvalue weighted by Crippen LogP contribution is -2.52. The van der Waals surface area contributed by atoms with Crippen LogP contribution in [0.15, 0.2) is 88.2 Å². The Bertz CT molecular complexity index is 1350. The van der Waals surface area contributed by atoms with Gasteiger partial charge in [-0.1, -0.05) is 53.2 Å². The summed E-state index contributed by atoms with van der Waals surface area (Å²) in [5.74, 6) is -0.165. The Balaban J connectivity index is 2.00. The Morgan fingerprint density at radius 3 is 2.13 bits per heavy atom. The van der Waals surface area contributed by atoms with Crippen LogP contribution in [0.4, 0.5) is 5.69 Å². The molecular weight excluding hydrogens is 582 g/mol. The van der Waals surface area contributed by atoms with Crippen LogP contribution in [0, 0.1) is 0 Å². The molecule has 39 heavy (non-hydrogen) atoms. The Hall–Kier alpha value is -3.37. The summed E-state index contributed by atoms with van der Waals surface area (Å²) in [5, 5.41) is 2.93. The maximum atomic E-state index is 13.9. The number of benzene rings is 3. The summed E-state index contributed by atoms with van der Waals surface area (Å²) >= 11 is 3.38. The molecule has 0 aliphatic carbocycles. The molecule has 0 saturated carbocycles.